The molecule has 0 amide bonds. The zero-order valence-electron chi connectivity index (χ0n) is 11.3. The highest BCUT2D eigenvalue weighted by Gasteiger charge is 2.23. The van der Waals surface area contributed by atoms with Gasteiger partial charge in [0.05, 0.1) is 18.8 Å². The molecule has 0 aliphatic carbocycles. The quantitative estimate of drug-likeness (QED) is 0.870. The Morgan fingerprint density at radius 2 is 2.00 bits per heavy atom. The molecule has 0 aromatic carbocycles. The van der Waals surface area contributed by atoms with Crippen LogP contribution in [0.3, 0.4) is 0 Å². The number of nitrogens with two attached hydrogens (primary N) is 1. The van der Waals surface area contributed by atoms with Gasteiger partial charge in [-0.3, -0.25) is 9.30 Å². The SMILES string of the molecule is CC1CN(Cc2nnc3ccc(N)cn23)CC(C)O1. The minimum absolute atomic E-state index is 0.257. The summed E-state index contributed by atoms with van der Waals surface area (Å²) in [6.07, 6.45) is 2.39. The zero-order valence-corrected chi connectivity index (χ0v) is 11.3. The van der Waals surface area contributed by atoms with Crippen LogP contribution in [0.15, 0.2) is 18.3 Å². The molecule has 1 aliphatic heterocycles. The monoisotopic (exact) mass is 261 g/mol. The summed E-state index contributed by atoms with van der Waals surface area (Å²) in [7, 11) is 0. The average Bonchev–Trinajstić information content (AvgIpc) is 2.70. The number of hydrogen-bond donors (Lipinski definition) is 1. The fraction of sp³-hybridized carbons (Fsp3) is 0.538. The van der Waals surface area contributed by atoms with Gasteiger partial charge in [0.15, 0.2) is 11.5 Å². The van der Waals surface area contributed by atoms with E-state index in [0.717, 1.165) is 36.8 Å². The molecule has 2 unspecified atom stereocenters. The highest BCUT2D eigenvalue weighted by atomic mass is 16.5. The van der Waals surface area contributed by atoms with Crippen molar-refractivity contribution in [3.63, 3.8) is 0 Å². The molecule has 102 valence electrons. The van der Waals surface area contributed by atoms with Crippen molar-refractivity contribution >= 4 is 11.3 Å². The average molecular weight is 261 g/mol. The van der Waals surface area contributed by atoms with Crippen molar-refractivity contribution in [1.29, 1.82) is 0 Å². The van der Waals surface area contributed by atoms with Crippen LogP contribution in [0.4, 0.5) is 5.69 Å². The highest BCUT2D eigenvalue weighted by Crippen LogP contribution is 2.15. The molecule has 0 saturated carbocycles. The number of hydrogen-bond acceptors (Lipinski definition) is 5. The maximum absolute atomic E-state index is 5.82. The van der Waals surface area contributed by atoms with Crippen molar-refractivity contribution in [2.24, 2.45) is 0 Å². The number of pyridine rings is 1. The van der Waals surface area contributed by atoms with Crippen LogP contribution >= 0.6 is 0 Å². The number of morpholine rings is 1. The zero-order chi connectivity index (χ0) is 13.4. The van der Waals surface area contributed by atoms with Crippen molar-refractivity contribution in [2.75, 3.05) is 18.8 Å². The summed E-state index contributed by atoms with van der Waals surface area (Å²) in [5.41, 5.74) is 7.37. The van der Waals surface area contributed by atoms with E-state index in [0.29, 0.717) is 0 Å². The van der Waals surface area contributed by atoms with Crippen LogP contribution in [0.1, 0.15) is 19.7 Å². The summed E-state index contributed by atoms with van der Waals surface area (Å²) in [6, 6.07) is 3.73. The molecule has 2 aromatic rings. The van der Waals surface area contributed by atoms with Gasteiger partial charge in [-0.1, -0.05) is 0 Å². The number of ether oxygens (including phenoxy) is 1. The van der Waals surface area contributed by atoms with Gasteiger partial charge in [0.25, 0.3) is 0 Å². The number of fused-ring (bicyclic) bond motifs is 1. The number of anilines is 1. The molecule has 3 rings (SSSR count). The van der Waals surface area contributed by atoms with E-state index < -0.39 is 0 Å². The molecule has 0 spiro atoms. The van der Waals surface area contributed by atoms with E-state index in [1.54, 1.807) is 0 Å². The molecule has 2 N–H and O–H groups in total. The van der Waals surface area contributed by atoms with Crippen LogP contribution in [0.2, 0.25) is 0 Å². The second kappa shape index (κ2) is 4.79. The molecule has 3 heterocycles. The topological polar surface area (TPSA) is 68.7 Å². The van der Waals surface area contributed by atoms with Crippen LogP contribution in [0.25, 0.3) is 5.65 Å². The molecule has 2 aromatic heterocycles. The van der Waals surface area contributed by atoms with Gasteiger partial charge in [-0.05, 0) is 26.0 Å². The van der Waals surface area contributed by atoms with E-state index in [1.165, 1.54) is 0 Å². The van der Waals surface area contributed by atoms with Gasteiger partial charge >= 0.3 is 0 Å². The molecule has 6 heteroatoms. The molecule has 6 nitrogen and oxygen atoms in total. The van der Waals surface area contributed by atoms with Gasteiger partial charge in [-0.15, -0.1) is 10.2 Å². The molecule has 1 aliphatic rings. The maximum Gasteiger partial charge on any atom is 0.160 e. The van der Waals surface area contributed by atoms with Gasteiger partial charge in [0.1, 0.15) is 0 Å². The third-order valence-corrected chi connectivity index (χ3v) is 3.36. The second-order valence-corrected chi connectivity index (χ2v) is 5.26. The summed E-state index contributed by atoms with van der Waals surface area (Å²) < 4.78 is 7.70. The minimum atomic E-state index is 0.257. The highest BCUT2D eigenvalue weighted by molar-refractivity contribution is 5.47. The number of nitrogen functional groups attached to an aromatic ring is 1. The normalized spacial score (nSPS) is 24.9. The fourth-order valence-electron chi connectivity index (χ4n) is 2.68. The molecule has 1 fully saturated rings. The lowest BCUT2D eigenvalue weighted by molar-refractivity contribution is -0.0711. The first-order chi connectivity index (χ1) is 9.11. The predicted molar refractivity (Wildman–Crippen MR) is 72.7 cm³/mol. The Morgan fingerprint density at radius 1 is 1.26 bits per heavy atom. The summed E-state index contributed by atoms with van der Waals surface area (Å²) >= 11 is 0. The van der Waals surface area contributed by atoms with E-state index in [1.807, 2.05) is 22.7 Å². The van der Waals surface area contributed by atoms with Crippen molar-refractivity contribution in [2.45, 2.75) is 32.6 Å². The Morgan fingerprint density at radius 3 is 2.74 bits per heavy atom. The molecule has 0 bridgehead atoms. The Kier molecular flexibility index (Phi) is 3.12. The van der Waals surface area contributed by atoms with Crippen molar-refractivity contribution < 1.29 is 4.74 Å². The second-order valence-electron chi connectivity index (χ2n) is 5.26. The lowest BCUT2D eigenvalue weighted by Crippen LogP contribution is -2.45. The van der Waals surface area contributed by atoms with Gasteiger partial charge in [-0.2, -0.15) is 0 Å². The Labute approximate surface area is 112 Å². The van der Waals surface area contributed by atoms with E-state index in [9.17, 15) is 0 Å². The summed E-state index contributed by atoms with van der Waals surface area (Å²) in [5, 5.41) is 8.42. The first-order valence-electron chi connectivity index (χ1n) is 6.59. The number of rotatable bonds is 2. The summed E-state index contributed by atoms with van der Waals surface area (Å²) in [5.74, 6) is 0.920. The van der Waals surface area contributed by atoms with Crippen LogP contribution < -0.4 is 5.73 Å². The van der Waals surface area contributed by atoms with Crippen LogP contribution in [-0.4, -0.2) is 44.8 Å². The molecular weight excluding hydrogens is 242 g/mol. The van der Waals surface area contributed by atoms with Crippen LogP contribution in [0.5, 0.6) is 0 Å². The van der Waals surface area contributed by atoms with Crippen molar-refractivity contribution in [3.05, 3.63) is 24.2 Å². The van der Waals surface area contributed by atoms with E-state index in [-0.39, 0.29) is 12.2 Å². The first-order valence-corrected chi connectivity index (χ1v) is 6.59. The third kappa shape index (κ3) is 2.54. The molecular formula is C13H19N5O. The van der Waals surface area contributed by atoms with E-state index in [2.05, 4.69) is 28.9 Å². The lowest BCUT2D eigenvalue weighted by Gasteiger charge is -2.34. The Hall–Kier alpha value is -1.66. The Bertz CT molecular complexity index is 571. The standard InChI is InChI=1S/C13H19N5O/c1-9-5-17(6-10(2)19-9)8-13-16-15-12-4-3-11(14)7-18(12)13/h3-4,7,9-10H,5-6,8,14H2,1-2H3. The predicted octanol–water partition coefficient (Wildman–Crippen LogP) is 0.921. The first kappa shape index (κ1) is 12.4. The van der Waals surface area contributed by atoms with Gasteiger partial charge in [0.2, 0.25) is 0 Å². The van der Waals surface area contributed by atoms with Crippen molar-refractivity contribution in [1.82, 2.24) is 19.5 Å². The maximum atomic E-state index is 5.82. The Balaban J connectivity index is 1.83. The fourth-order valence-corrected chi connectivity index (χ4v) is 2.68. The van der Waals surface area contributed by atoms with E-state index in [4.69, 9.17) is 10.5 Å². The molecule has 19 heavy (non-hydrogen) atoms. The lowest BCUT2D eigenvalue weighted by atomic mass is 10.2. The minimum Gasteiger partial charge on any atom is -0.398 e. The van der Waals surface area contributed by atoms with Crippen LogP contribution in [0, 0.1) is 0 Å². The van der Waals surface area contributed by atoms with Gasteiger partial charge in [-0.25, -0.2) is 0 Å². The van der Waals surface area contributed by atoms with Gasteiger partial charge in [0, 0.05) is 25.0 Å². The number of nitrogens with zero attached hydrogens (tertiary/aromatic N) is 4. The van der Waals surface area contributed by atoms with Crippen molar-refractivity contribution in [3.8, 4) is 0 Å². The molecule has 0 radical (unpaired) electrons. The van der Waals surface area contributed by atoms with E-state index >= 15 is 0 Å². The summed E-state index contributed by atoms with van der Waals surface area (Å²) in [4.78, 5) is 2.35. The molecule has 2 atom stereocenters. The molecule has 1 saturated heterocycles. The largest absolute Gasteiger partial charge is 0.398 e. The van der Waals surface area contributed by atoms with Gasteiger partial charge < -0.3 is 10.5 Å². The third-order valence-electron chi connectivity index (χ3n) is 3.36. The van der Waals surface area contributed by atoms with Crippen LogP contribution in [-0.2, 0) is 11.3 Å². The number of aromatic nitrogens is 3. The smallest absolute Gasteiger partial charge is 0.160 e. The summed E-state index contributed by atoms with van der Waals surface area (Å²) in [6.45, 7) is 6.80.